The molecule has 0 aliphatic carbocycles. The molecule has 10 heteroatoms. The van der Waals surface area contributed by atoms with Crippen molar-refractivity contribution >= 4 is 16.9 Å². The lowest BCUT2D eigenvalue weighted by atomic mass is 9.85. The van der Waals surface area contributed by atoms with Gasteiger partial charge in [-0.3, -0.25) is 9.69 Å². The number of pyridine rings is 2. The number of hydrogen-bond acceptors (Lipinski definition) is 9. The van der Waals surface area contributed by atoms with Crippen molar-refractivity contribution in [2.45, 2.75) is 52.5 Å². The molecule has 1 atom stereocenters. The van der Waals surface area contributed by atoms with Crippen LogP contribution in [0.25, 0.3) is 22.3 Å². The third kappa shape index (κ3) is 4.31. The molecule has 0 N–H and O–H groups in total. The molecule has 0 bridgehead atoms. The zero-order valence-corrected chi connectivity index (χ0v) is 24.5. The predicted molar refractivity (Wildman–Crippen MR) is 154 cm³/mol. The minimum Gasteiger partial charge on any atom is -0.486 e. The van der Waals surface area contributed by atoms with E-state index in [0.717, 1.165) is 66.2 Å². The van der Waals surface area contributed by atoms with E-state index in [1.165, 1.54) is 7.11 Å². The zero-order valence-electron chi connectivity index (χ0n) is 24.5. The van der Waals surface area contributed by atoms with Gasteiger partial charge in [-0.15, -0.1) is 0 Å². The number of methoxy groups -OCH3 is 1. The molecule has 0 amide bonds. The Morgan fingerprint density at radius 3 is 2.37 bits per heavy atom. The van der Waals surface area contributed by atoms with Crippen LogP contribution >= 0.6 is 0 Å². The number of rotatable bonds is 4. The lowest BCUT2D eigenvalue weighted by Gasteiger charge is -2.35. The van der Waals surface area contributed by atoms with E-state index in [2.05, 4.69) is 16.8 Å². The highest BCUT2D eigenvalue weighted by Gasteiger charge is 2.47. The number of benzene rings is 1. The summed E-state index contributed by atoms with van der Waals surface area (Å²) in [5.74, 6) is 0.940. The van der Waals surface area contributed by atoms with Crippen molar-refractivity contribution in [3.05, 3.63) is 50.8 Å². The van der Waals surface area contributed by atoms with Crippen LogP contribution in [0.3, 0.4) is 0 Å². The first-order valence-electron chi connectivity index (χ1n) is 14.6. The summed E-state index contributed by atoms with van der Waals surface area (Å²) in [7, 11) is 3.64. The van der Waals surface area contributed by atoms with E-state index in [1.807, 2.05) is 39.0 Å². The summed E-state index contributed by atoms with van der Waals surface area (Å²) in [4.78, 5) is 36.7. The number of piperazine rings is 1. The predicted octanol–water partition coefficient (Wildman–Crippen LogP) is 3.28. The number of aromatic nitrogens is 2. The third-order valence-corrected chi connectivity index (χ3v) is 8.76. The first-order valence-corrected chi connectivity index (χ1v) is 14.6. The highest BCUT2D eigenvalue weighted by atomic mass is 16.6. The number of ether oxygens (including phenoxy) is 4. The molecule has 7 rings (SSSR count). The molecule has 3 aromatic rings. The number of carbonyl (C=O) groups is 1. The first kappa shape index (κ1) is 27.7. The van der Waals surface area contributed by atoms with Crippen LogP contribution in [0.15, 0.2) is 23.0 Å². The van der Waals surface area contributed by atoms with E-state index in [0.29, 0.717) is 48.7 Å². The lowest BCUT2D eigenvalue weighted by molar-refractivity contribution is -0.176. The van der Waals surface area contributed by atoms with Crippen molar-refractivity contribution in [3.8, 4) is 22.9 Å². The van der Waals surface area contributed by atoms with Gasteiger partial charge in [0.2, 0.25) is 0 Å². The van der Waals surface area contributed by atoms with Gasteiger partial charge >= 0.3 is 5.97 Å². The van der Waals surface area contributed by atoms with Gasteiger partial charge in [0, 0.05) is 62.4 Å². The highest BCUT2D eigenvalue weighted by molar-refractivity contribution is 5.91. The maximum atomic E-state index is 13.9. The first-order chi connectivity index (χ1) is 19.9. The minimum absolute atomic E-state index is 0.0559. The van der Waals surface area contributed by atoms with Crippen LogP contribution in [0.4, 0.5) is 0 Å². The smallest absolute Gasteiger partial charge is 0.343 e. The van der Waals surface area contributed by atoms with Crippen molar-refractivity contribution in [1.29, 1.82) is 0 Å². The van der Waals surface area contributed by atoms with Gasteiger partial charge in [-0.25, -0.2) is 9.78 Å². The number of carbonyl (C=O) groups excluding carboxylic acids is 1. The summed E-state index contributed by atoms with van der Waals surface area (Å²) in [5.41, 5.74) is 4.03. The Hall–Kier alpha value is -3.47. The van der Waals surface area contributed by atoms with Gasteiger partial charge in [0.1, 0.15) is 19.8 Å². The second-order valence-electron chi connectivity index (χ2n) is 10.8. The maximum Gasteiger partial charge on any atom is 0.343 e. The normalized spacial score (nSPS) is 21.4. The molecule has 0 radical (unpaired) electrons. The van der Waals surface area contributed by atoms with E-state index in [9.17, 15) is 9.59 Å². The van der Waals surface area contributed by atoms with Crippen LogP contribution in [0.1, 0.15) is 49.4 Å². The average molecular weight is 563 g/mol. The minimum atomic E-state index is -1.31. The molecule has 0 saturated carbocycles. The molecular formula is C31H38N4O6. The number of esters is 1. The van der Waals surface area contributed by atoms with Gasteiger partial charge in [0.15, 0.2) is 17.1 Å². The van der Waals surface area contributed by atoms with Crippen molar-refractivity contribution in [1.82, 2.24) is 19.4 Å². The SMILES string of the molecule is CC.CCC1(OC)C(=O)OCc2c1cc1n(c2=O)Cc2c-1nc1cc3c(cc1c2CN1CCN(C)CC1)OCCO3. The van der Waals surface area contributed by atoms with Crippen LogP contribution < -0.4 is 15.0 Å². The Kier molecular flexibility index (Phi) is 7.25. The molecule has 1 unspecified atom stereocenters. The van der Waals surface area contributed by atoms with Gasteiger partial charge < -0.3 is 28.4 Å². The molecular weight excluding hydrogens is 524 g/mol. The fraction of sp³-hybridized carbons (Fsp3) is 0.516. The Balaban J connectivity index is 0.00000148. The molecule has 6 heterocycles. The summed E-state index contributed by atoms with van der Waals surface area (Å²) >= 11 is 0. The average Bonchev–Trinajstić information content (AvgIpc) is 3.37. The topological polar surface area (TPSA) is 95.4 Å². The van der Waals surface area contributed by atoms with Gasteiger partial charge in [0.25, 0.3) is 5.56 Å². The van der Waals surface area contributed by atoms with Gasteiger partial charge in [-0.05, 0) is 31.2 Å². The van der Waals surface area contributed by atoms with E-state index in [4.69, 9.17) is 23.9 Å². The molecule has 4 aliphatic rings. The van der Waals surface area contributed by atoms with Gasteiger partial charge in [-0.1, -0.05) is 20.8 Å². The molecule has 41 heavy (non-hydrogen) atoms. The second kappa shape index (κ2) is 10.7. The Bertz CT molecular complexity index is 1570. The van der Waals surface area contributed by atoms with Crippen molar-refractivity contribution in [2.75, 3.05) is 53.6 Å². The third-order valence-electron chi connectivity index (χ3n) is 8.76. The Morgan fingerprint density at radius 1 is 0.976 bits per heavy atom. The number of nitrogens with zero attached hydrogens (tertiary/aromatic N) is 4. The second-order valence-corrected chi connectivity index (χ2v) is 10.8. The summed E-state index contributed by atoms with van der Waals surface area (Å²) in [6.07, 6.45) is 0.356. The van der Waals surface area contributed by atoms with Gasteiger partial charge in [-0.2, -0.15) is 0 Å². The van der Waals surface area contributed by atoms with Crippen LogP contribution in [-0.4, -0.2) is 78.9 Å². The standard InChI is InChI=1S/C29H32N4O6.C2H6/c1-4-29(36-3)21-12-23-26-19(15-33(23)27(34)20(21)16-39-28(29)35)18(14-32-7-5-31(2)6-8-32)17-11-24-25(13-22(17)30-26)38-10-9-37-24;1-2/h11-13H,4-10,14-16H2,1-3H3;1-2H3. The molecule has 2 aromatic heterocycles. The van der Waals surface area contributed by atoms with Crippen LogP contribution in [0, 0.1) is 0 Å². The molecule has 4 aliphatic heterocycles. The number of hydrogen-bond donors (Lipinski definition) is 0. The fourth-order valence-corrected chi connectivity index (χ4v) is 6.44. The monoisotopic (exact) mass is 562 g/mol. The summed E-state index contributed by atoms with van der Waals surface area (Å²) in [6, 6.07) is 5.91. The van der Waals surface area contributed by atoms with Crippen LogP contribution in [0.2, 0.25) is 0 Å². The molecule has 1 fully saturated rings. The van der Waals surface area contributed by atoms with E-state index in [-0.39, 0.29) is 12.2 Å². The van der Waals surface area contributed by atoms with Crippen molar-refractivity contribution in [3.63, 3.8) is 0 Å². The van der Waals surface area contributed by atoms with Crippen molar-refractivity contribution in [2.24, 2.45) is 0 Å². The van der Waals surface area contributed by atoms with Crippen molar-refractivity contribution < 1.29 is 23.7 Å². The Morgan fingerprint density at radius 2 is 1.68 bits per heavy atom. The highest BCUT2D eigenvalue weighted by Crippen LogP contribution is 2.43. The molecule has 1 saturated heterocycles. The lowest BCUT2D eigenvalue weighted by Crippen LogP contribution is -2.45. The van der Waals surface area contributed by atoms with E-state index >= 15 is 0 Å². The van der Waals surface area contributed by atoms with Crippen LogP contribution in [0.5, 0.6) is 11.5 Å². The maximum absolute atomic E-state index is 13.9. The summed E-state index contributed by atoms with van der Waals surface area (Å²) < 4.78 is 24.8. The van der Waals surface area contributed by atoms with Gasteiger partial charge in [0.05, 0.1) is 29.0 Å². The van der Waals surface area contributed by atoms with E-state index in [1.54, 1.807) is 4.57 Å². The molecule has 0 spiro atoms. The quantitative estimate of drug-likeness (QED) is 0.347. The summed E-state index contributed by atoms with van der Waals surface area (Å²) in [5, 5.41) is 1.01. The molecule has 10 nitrogen and oxygen atoms in total. The largest absolute Gasteiger partial charge is 0.486 e. The van der Waals surface area contributed by atoms with Crippen LogP contribution in [-0.2, 0) is 39.6 Å². The summed E-state index contributed by atoms with van der Waals surface area (Å²) in [6.45, 7) is 11.9. The molecule has 1 aromatic carbocycles. The molecule has 218 valence electrons. The number of likely N-dealkylation sites (N-methyl/N-ethyl adjacent to an activating group) is 1. The Labute approximate surface area is 239 Å². The number of cyclic esters (lactones) is 1. The number of fused-ring (bicyclic) bond motifs is 6. The van der Waals surface area contributed by atoms with E-state index < -0.39 is 11.6 Å². The zero-order chi connectivity index (χ0) is 28.9. The fourth-order valence-electron chi connectivity index (χ4n) is 6.44.